The molecule has 1 N–H and O–H groups in total. The molecule has 3 heterocycles. The smallest absolute Gasteiger partial charge is 0.245 e. The maximum Gasteiger partial charge on any atom is 0.245 e. The first kappa shape index (κ1) is 29.0. The highest BCUT2D eigenvalue weighted by molar-refractivity contribution is 7.89. The molecule has 3 aliphatic rings. The van der Waals surface area contributed by atoms with Gasteiger partial charge in [0.05, 0.1) is 9.79 Å². The third-order valence-electron chi connectivity index (χ3n) is 7.75. The molecule has 41 heavy (non-hydrogen) atoms. The first-order valence-corrected chi connectivity index (χ1v) is 16.0. The molecule has 0 aliphatic carbocycles. The summed E-state index contributed by atoms with van der Waals surface area (Å²) in [5.41, 5.74) is -0.0117. The fraction of sp³-hybridized carbons (Fsp3) is 0.357. The molecule has 5 rings (SSSR count). The number of hydrogen-bond acceptors (Lipinski definition) is 8. The molecular formula is C28H30N4O7S2. The van der Waals surface area contributed by atoms with Crippen molar-refractivity contribution in [3.05, 3.63) is 71.4 Å². The van der Waals surface area contributed by atoms with E-state index in [9.17, 15) is 31.2 Å². The van der Waals surface area contributed by atoms with E-state index in [1.54, 1.807) is 6.21 Å². The standard InChI is InChI=1S/C28H30N4O7S2/c1-19(33)21-5-9-24(10-6-21)40(36,37)31-16-13-28(14-17-31)30-27(35)26(18-23-4-3-15-29-23)32(28)41(38,39)25-11-7-22(8-12-25)20(2)34/h4-12,15,26H,3,13-14,16-18H2,1-2H3,(H,30,35). The molecule has 0 saturated carbocycles. The average Bonchev–Trinajstić information content (AvgIpc) is 3.55. The van der Waals surface area contributed by atoms with Crippen molar-refractivity contribution in [2.24, 2.45) is 4.99 Å². The van der Waals surface area contributed by atoms with E-state index in [-0.39, 0.29) is 53.7 Å². The number of hydrogen-bond donors (Lipinski definition) is 1. The Balaban J connectivity index is 1.47. The number of Topliss-reactive ketones (excluding diaryl/α,β-unsaturated/α-hetero) is 2. The molecule has 2 aromatic carbocycles. The Morgan fingerprint density at radius 2 is 1.39 bits per heavy atom. The number of carbonyl (C=O) groups excluding carboxylic acids is 3. The van der Waals surface area contributed by atoms with Gasteiger partial charge in [0.25, 0.3) is 0 Å². The van der Waals surface area contributed by atoms with Crippen LogP contribution in [-0.2, 0) is 24.8 Å². The van der Waals surface area contributed by atoms with E-state index in [2.05, 4.69) is 10.3 Å². The van der Waals surface area contributed by atoms with E-state index in [4.69, 9.17) is 0 Å². The largest absolute Gasteiger partial charge is 0.335 e. The summed E-state index contributed by atoms with van der Waals surface area (Å²) in [7, 11) is -8.20. The first-order valence-electron chi connectivity index (χ1n) is 13.2. The van der Waals surface area contributed by atoms with Crippen LogP contribution in [0.15, 0.2) is 75.1 Å². The molecule has 1 amide bonds. The lowest BCUT2D eigenvalue weighted by Gasteiger charge is -2.43. The second-order valence-corrected chi connectivity index (χ2v) is 14.1. The minimum absolute atomic E-state index is 0.0209. The molecule has 2 saturated heterocycles. The van der Waals surface area contributed by atoms with Crippen LogP contribution in [-0.4, -0.2) is 73.9 Å². The van der Waals surface area contributed by atoms with Crippen LogP contribution in [0.25, 0.3) is 0 Å². The molecule has 3 aliphatic heterocycles. The number of nitrogens with one attached hydrogen (secondary N) is 1. The van der Waals surface area contributed by atoms with E-state index in [0.29, 0.717) is 23.2 Å². The molecule has 0 aromatic heterocycles. The molecule has 0 bridgehead atoms. The summed E-state index contributed by atoms with van der Waals surface area (Å²) in [6, 6.07) is 10.1. The van der Waals surface area contributed by atoms with Gasteiger partial charge in [-0.05, 0) is 51.0 Å². The number of benzene rings is 2. The van der Waals surface area contributed by atoms with Gasteiger partial charge in [-0.3, -0.25) is 19.4 Å². The van der Waals surface area contributed by atoms with E-state index in [1.807, 2.05) is 6.08 Å². The van der Waals surface area contributed by atoms with Gasteiger partial charge >= 0.3 is 0 Å². The van der Waals surface area contributed by atoms with Gasteiger partial charge in [-0.2, -0.15) is 8.61 Å². The predicted molar refractivity (Wildman–Crippen MR) is 150 cm³/mol. The van der Waals surface area contributed by atoms with Crippen molar-refractivity contribution >= 4 is 43.7 Å². The summed E-state index contributed by atoms with van der Waals surface area (Å²) in [4.78, 5) is 40.9. The lowest BCUT2D eigenvalue weighted by atomic mass is 9.99. The molecule has 0 radical (unpaired) electrons. The van der Waals surface area contributed by atoms with E-state index in [1.165, 1.54) is 71.0 Å². The number of rotatable bonds is 8. The molecule has 2 aromatic rings. The van der Waals surface area contributed by atoms with E-state index >= 15 is 0 Å². The molecule has 11 nitrogen and oxygen atoms in total. The summed E-state index contributed by atoms with van der Waals surface area (Å²) in [5.74, 6) is -0.874. The summed E-state index contributed by atoms with van der Waals surface area (Å²) in [6.45, 7) is 2.69. The van der Waals surface area contributed by atoms with Gasteiger partial charge in [0, 0.05) is 49.0 Å². The van der Waals surface area contributed by atoms with Gasteiger partial charge in [-0.1, -0.05) is 30.3 Å². The fourth-order valence-electron chi connectivity index (χ4n) is 5.52. The number of amides is 1. The number of piperidine rings is 1. The van der Waals surface area contributed by atoms with Crippen LogP contribution < -0.4 is 5.32 Å². The third-order valence-corrected chi connectivity index (χ3v) is 11.7. The Hall–Kier alpha value is -3.52. The van der Waals surface area contributed by atoms with Gasteiger partial charge in [-0.15, -0.1) is 0 Å². The second kappa shape index (κ2) is 10.7. The topological polar surface area (TPSA) is 150 Å². The van der Waals surface area contributed by atoms with Crippen molar-refractivity contribution in [2.75, 3.05) is 13.1 Å². The Kier molecular flexibility index (Phi) is 7.57. The number of sulfonamides is 2. The van der Waals surface area contributed by atoms with Crippen LogP contribution in [0, 0.1) is 0 Å². The maximum absolute atomic E-state index is 14.1. The molecule has 1 atom stereocenters. The van der Waals surface area contributed by atoms with Crippen LogP contribution in [0.1, 0.15) is 60.2 Å². The van der Waals surface area contributed by atoms with Crippen molar-refractivity contribution < 1.29 is 31.2 Å². The van der Waals surface area contributed by atoms with Gasteiger partial charge < -0.3 is 5.32 Å². The summed E-state index contributed by atoms with van der Waals surface area (Å²) < 4.78 is 57.5. The summed E-state index contributed by atoms with van der Waals surface area (Å²) >= 11 is 0. The fourth-order valence-corrected chi connectivity index (χ4v) is 8.86. The number of ketones is 2. The molecular weight excluding hydrogens is 568 g/mol. The molecule has 1 spiro atoms. The van der Waals surface area contributed by atoms with Gasteiger partial charge in [0.2, 0.25) is 26.0 Å². The third kappa shape index (κ3) is 5.30. The van der Waals surface area contributed by atoms with E-state index < -0.39 is 37.7 Å². The van der Waals surface area contributed by atoms with Crippen LogP contribution in [0.4, 0.5) is 0 Å². The SMILES string of the molecule is CC(=O)c1ccc(S(=O)(=O)N2CCC3(CC2)NC(=O)C(CC2=CCC=N2)N3S(=O)(=O)c2ccc(C(C)=O)cc2)cc1. The quantitative estimate of drug-likeness (QED) is 0.459. The van der Waals surface area contributed by atoms with Crippen molar-refractivity contribution in [1.82, 2.24) is 13.9 Å². The second-order valence-electron chi connectivity index (χ2n) is 10.3. The van der Waals surface area contributed by atoms with Gasteiger partial charge in [0.1, 0.15) is 11.7 Å². The number of allylic oxidation sites excluding steroid dienone is 1. The average molecular weight is 599 g/mol. The zero-order valence-electron chi connectivity index (χ0n) is 22.6. The predicted octanol–water partition coefficient (Wildman–Crippen LogP) is 2.51. The normalized spacial score (nSPS) is 21.2. The van der Waals surface area contributed by atoms with Gasteiger partial charge in [-0.25, -0.2) is 16.8 Å². The lowest BCUT2D eigenvalue weighted by molar-refractivity contribution is -0.121. The van der Waals surface area contributed by atoms with Crippen molar-refractivity contribution in [3.8, 4) is 0 Å². The monoisotopic (exact) mass is 598 g/mol. The Bertz CT molecular complexity index is 1670. The van der Waals surface area contributed by atoms with Crippen molar-refractivity contribution in [1.29, 1.82) is 0 Å². The van der Waals surface area contributed by atoms with Gasteiger partial charge in [0.15, 0.2) is 11.6 Å². The Morgan fingerprint density at radius 1 is 0.878 bits per heavy atom. The highest BCUT2D eigenvalue weighted by Gasteiger charge is 2.58. The van der Waals surface area contributed by atoms with Crippen LogP contribution in [0.5, 0.6) is 0 Å². The summed E-state index contributed by atoms with van der Waals surface area (Å²) in [5, 5.41) is 2.90. The number of nitrogens with zero attached hydrogens (tertiary/aromatic N) is 3. The highest BCUT2D eigenvalue weighted by Crippen LogP contribution is 2.41. The molecule has 2 fully saturated rings. The van der Waals surface area contributed by atoms with E-state index in [0.717, 1.165) is 0 Å². The first-order chi connectivity index (χ1) is 19.3. The number of aliphatic imine (C=N–C) groups is 1. The minimum Gasteiger partial charge on any atom is -0.335 e. The lowest BCUT2D eigenvalue weighted by Crippen LogP contribution is -2.61. The van der Waals surface area contributed by atoms with Crippen LogP contribution in [0.3, 0.4) is 0 Å². The maximum atomic E-state index is 14.1. The molecule has 1 unspecified atom stereocenters. The number of carbonyl (C=O) groups is 3. The highest BCUT2D eigenvalue weighted by atomic mass is 32.2. The van der Waals surface area contributed by atoms with Crippen LogP contribution >= 0.6 is 0 Å². The zero-order valence-corrected chi connectivity index (χ0v) is 24.2. The summed E-state index contributed by atoms with van der Waals surface area (Å²) in [6.07, 6.45) is 4.22. The Labute approximate surface area is 239 Å². The van der Waals surface area contributed by atoms with Crippen molar-refractivity contribution in [3.63, 3.8) is 0 Å². The van der Waals surface area contributed by atoms with Crippen molar-refractivity contribution in [2.45, 2.75) is 61.0 Å². The minimum atomic E-state index is -4.27. The van der Waals surface area contributed by atoms with Crippen LogP contribution in [0.2, 0.25) is 0 Å². The zero-order chi connectivity index (χ0) is 29.6. The Morgan fingerprint density at radius 3 is 1.85 bits per heavy atom. The molecule has 216 valence electrons. The molecule has 13 heteroatoms.